The molecule has 0 spiro atoms. The van der Waals surface area contributed by atoms with Gasteiger partial charge in [-0.15, -0.1) is 0 Å². The van der Waals surface area contributed by atoms with E-state index in [1.165, 1.54) is 12.1 Å². The van der Waals surface area contributed by atoms with Crippen LogP contribution in [0.15, 0.2) is 53.2 Å². The number of allylic oxidation sites excluding steroid dienone is 1. The van der Waals surface area contributed by atoms with Crippen molar-refractivity contribution < 1.29 is 18.0 Å². The maximum absolute atomic E-state index is 13.5. The van der Waals surface area contributed by atoms with Crippen LogP contribution in [0.5, 0.6) is 0 Å². The van der Waals surface area contributed by atoms with E-state index in [-0.39, 0.29) is 5.91 Å². The first kappa shape index (κ1) is 28.6. The molecule has 3 heterocycles. The average molecular weight is 543 g/mol. The van der Waals surface area contributed by atoms with Crippen molar-refractivity contribution >= 4 is 18.3 Å². The Morgan fingerprint density at radius 2 is 1.87 bits per heavy atom. The number of carbonyl (C=O) groups is 1. The van der Waals surface area contributed by atoms with Crippen LogP contribution in [0.25, 0.3) is 5.70 Å². The molecule has 1 aromatic carbocycles. The summed E-state index contributed by atoms with van der Waals surface area (Å²) in [6, 6.07) is 7.51. The fraction of sp³-hybridized carbons (Fsp3) is 0.483. The molecule has 1 atom stereocenters. The summed E-state index contributed by atoms with van der Waals surface area (Å²) in [6.07, 6.45) is -0.400. The Bertz CT molecular complexity index is 1240. The molecule has 1 aromatic heterocycles. The number of nitrogens with zero attached hydrogens (tertiary/aromatic N) is 6. The molecule has 0 saturated carbocycles. The summed E-state index contributed by atoms with van der Waals surface area (Å²) in [5.41, 5.74) is 3.87. The van der Waals surface area contributed by atoms with Gasteiger partial charge in [-0.1, -0.05) is 24.3 Å². The van der Waals surface area contributed by atoms with Gasteiger partial charge < -0.3 is 9.80 Å². The highest BCUT2D eigenvalue weighted by molar-refractivity contribution is 5.93. The summed E-state index contributed by atoms with van der Waals surface area (Å²) >= 11 is 0. The third kappa shape index (κ3) is 6.61. The minimum atomic E-state index is -4.38. The van der Waals surface area contributed by atoms with E-state index >= 15 is 0 Å². The highest BCUT2D eigenvalue weighted by atomic mass is 19.4. The lowest BCUT2D eigenvalue weighted by Crippen LogP contribution is -2.34. The first-order valence-electron chi connectivity index (χ1n) is 13.3. The molecule has 2 aliphatic heterocycles. The lowest BCUT2D eigenvalue weighted by atomic mass is 9.95. The predicted octanol–water partition coefficient (Wildman–Crippen LogP) is 5.31. The number of rotatable bonds is 8. The molecule has 0 aliphatic carbocycles. The van der Waals surface area contributed by atoms with Gasteiger partial charge in [0, 0.05) is 32.4 Å². The monoisotopic (exact) mass is 542 g/mol. The van der Waals surface area contributed by atoms with Crippen LogP contribution in [0.1, 0.15) is 59.9 Å². The first-order chi connectivity index (χ1) is 18.5. The molecule has 2 aromatic rings. The quantitative estimate of drug-likeness (QED) is 0.258. The SMILES string of the molecule is C=NN(CC(=C)C)C1=C(Cc2ccc(C(F)(F)F)cc2)CCn2nc(C(=O)N3CCCC(N(C)C)CC3)cc21. The second-order valence-electron chi connectivity index (χ2n) is 10.7. The van der Waals surface area contributed by atoms with Gasteiger partial charge in [-0.2, -0.15) is 23.4 Å². The normalized spacial score (nSPS) is 18.1. The zero-order chi connectivity index (χ0) is 28.3. The third-order valence-corrected chi connectivity index (χ3v) is 7.46. The van der Waals surface area contributed by atoms with Crippen molar-refractivity contribution in [3.05, 3.63) is 70.6 Å². The van der Waals surface area contributed by atoms with Gasteiger partial charge in [0.1, 0.15) is 0 Å². The number of hydrogen-bond donors (Lipinski definition) is 0. The molecule has 1 fully saturated rings. The number of aryl methyl sites for hydroxylation is 1. The van der Waals surface area contributed by atoms with Gasteiger partial charge in [0.25, 0.3) is 5.91 Å². The van der Waals surface area contributed by atoms with Crippen LogP contribution >= 0.6 is 0 Å². The van der Waals surface area contributed by atoms with Crippen molar-refractivity contribution in [1.82, 2.24) is 24.6 Å². The van der Waals surface area contributed by atoms with E-state index in [1.54, 1.807) is 5.01 Å². The molecule has 4 rings (SSSR count). The van der Waals surface area contributed by atoms with Crippen LogP contribution in [0.3, 0.4) is 0 Å². The number of likely N-dealkylation sites (tertiary alicyclic amines) is 1. The number of hydrogen-bond acceptors (Lipinski definition) is 5. The van der Waals surface area contributed by atoms with Gasteiger partial charge >= 0.3 is 6.18 Å². The van der Waals surface area contributed by atoms with Crippen LogP contribution < -0.4 is 0 Å². The lowest BCUT2D eigenvalue weighted by Gasteiger charge is -2.29. The molecule has 2 aliphatic rings. The van der Waals surface area contributed by atoms with Gasteiger partial charge in [-0.05, 0) is 82.5 Å². The van der Waals surface area contributed by atoms with E-state index in [2.05, 4.69) is 42.5 Å². The van der Waals surface area contributed by atoms with Crippen molar-refractivity contribution in [2.24, 2.45) is 5.10 Å². The average Bonchev–Trinajstić information content (AvgIpc) is 3.15. The summed E-state index contributed by atoms with van der Waals surface area (Å²) in [5, 5.41) is 10.7. The van der Waals surface area contributed by atoms with Crippen molar-refractivity contribution in [2.75, 3.05) is 33.7 Å². The Morgan fingerprint density at radius 1 is 1.15 bits per heavy atom. The minimum Gasteiger partial charge on any atom is -0.337 e. The van der Waals surface area contributed by atoms with Crippen LogP contribution in [0.4, 0.5) is 13.2 Å². The topological polar surface area (TPSA) is 57.0 Å². The number of alkyl halides is 3. The van der Waals surface area contributed by atoms with Crippen LogP contribution in [-0.2, 0) is 19.1 Å². The molecule has 39 heavy (non-hydrogen) atoms. The number of halogens is 3. The maximum atomic E-state index is 13.5. The first-order valence-corrected chi connectivity index (χ1v) is 13.3. The molecular weight excluding hydrogens is 505 g/mol. The zero-order valence-corrected chi connectivity index (χ0v) is 23.0. The predicted molar refractivity (Wildman–Crippen MR) is 147 cm³/mol. The van der Waals surface area contributed by atoms with E-state index in [9.17, 15) is 18.0 Å². The highest BCUT2D eigenvalue weighted by Gasteiger charge is 2.31. The van der Waals surface area contributed by atoms with E-state index in [0.717, 1.165) is 59.5 Å². The largest absolute Gasteiger partial charge is 0.416 e. The summed E-state index contributed by atoms with van der Waals surface area (Å²) in [6.45, 7) is 12.0. The molecule has 0 bridgehead atoms. The number of carbonyl (C=O) groups excluding carboxylic acids is 1. The Labute approximate surface area is 228 Å². The molecule has 1 saturated heterocycles. The summed E-state index contributed by atoms with van der Waals surface area (Å²) in [7, 11) is 4.15. The Hall–Kier alpha value is -3.40. The fourth-order valence-corrected chi connectivity index (χ4v) is 5.38. The number of benzene rings is 1. The summed E-state index contributed by atoms with van der Waals surface area (Å²) < 4.78 is 41.0. The smallest absolute Gasteiger partial charge is 0.337 e. The standard InChI is InChI=1S/C29H37F3N6O/c1-20(2)19-38(33-3)27-22(17-21-8-10-23(11-9-21)29(30,31)32)12-16-37-26(27)18-25(34-37)28(39)36-14-6-7-24(13-15-36)35(4)5/h8-11,18,24H,1,3,6-7,12-17,19H2,2,4-5H3. The zero-order valence-electron chi connectivity index (χ0n) is 23.0. The van der Waals surface area contributed by atoms with Crippen LogP contribution in [0, 0.1) is 0 Å². The van der Waals surface area contributed by atoms with E-state index < -0.39 is 11.7 Å². The van der Waals surface area contributed by atoms with Gasteiger partial charge in [0.15, 0.2) is 5.69 Å². The molecule has 10 heteroatoms. The molecule has 0 N–H and O–H groups in total. The highest BCUT2D eigenvalue weighted by Crippen LogP contribution is 2.35. The summed E-state index contributed by atoms with van der Waals surface area (Å²) in [5.74, 6) is -0.0852. The second-order valence-corrected chi connectivity index (χ2v) is 10.7. The number of hydrazone groups is 1. The van der Waals surface area contributed by atoms with Gasteiger partial charge in [-0.3, -0.25) is 14.5 Å². The van der Waals surface area contributed by atoms with E-state index in [1.807, 2.05) is 22.6 Å². The second kappa shape index (κ2) is 11.8. The Kier molecular flexibility index (Phi) is 8.64. The number of fused-ring (bicyclic) bond motifs is 1. The number of aromatic nitrogens is 2. The summed E-state index contributed by atoms with van der Waals surface area (Å²) in [4.78, 5) is 17.6. The van der Waals surface area contributed by atoms with Gasteiger partial charge in [0.2, 0.25) is 0 Å². The van der Waals surface area contributed by atoms with Crippen LogP contribution in [-0.4, -0.2) is 77.0 Å². The Morgan fingerprint density at radius 3 is 2.49 bits per heavy atom. The Balaban J connectivity index is 1.66. The third-order valence-electron chi connectivity index (χ3n) is 7.46. The van der Waals surface area contributed by atoms with E-state index in [0.29, 0.717) is 50.8 Å². The van der Waals surface area contributed by atoms with Crippen molar-refractivity contribution in [3.8, 4) is 0 Å². The molecule has 0 radical (unpaired) electrons. The molecule has 7 nitrogen and oxygen atoms in total. The number of amides is 1. The molecular formula is C29H37F3N6O. The van der Waals surface area contributed by atoms with Crippen molar-refractivity contribution in [3.63, 3.8) is 0 Å². The lowest BCUT2D eigenvalue weighted by molar-refractivity contribution is -0.137. The fourth-order valence-electron chi connectivity index (χ4n) is 5.38. The molecule has 210 valence electrons. The van der Waals surface area contributed by atoms with Crippen molar-refractivity contribution in [2.45, 2.75) is 57.8 Å². The minimum absolute atomic E-state index is 0.0852. The molecule has 1 unspecified atom stereocenters. The van der Waals surface area contributed by atoms with Crippen LogP contribution in [0.2, 0.25) is 0 Å². The maximum Gasteiger partial charge on any atom is 0.416 e. The van der Waals surface area contributed by atoms with Gasteiger partial charge in [0.05, 0.1) is 23.5 Å². The molecule has 1 amide bonds. The van der Waals surface area contributed by atoms with E-state index in [4.69, 9.17) is 0 Å². The van der Waals surface area contributed by atoms with Crippen molar-refractivity contribution in [1.29, 1.82) is 0 Å². The van der Waals surface area contributed by atoms with Gasteiger partial charge in [-0.25, -0.2) is 0 Å².